The van der Waals surface area contributed by atoms with E-state index in [-0.39, 0.29) is 0 Å². The molecule has 0 aliphatic rings. The lowest BCUT2D eigenvalue weighted by molar-refractivity contribution is 0.497. The Hall–Kier alpha value is -1.62. The lowest BCUT2D eigenvalue weighted by atomic mass is 10.3. The SMILES string of the molecule is Cn1ccc(-c2cnc(CCCN)o2)n1. The van der Waals surface area contributed by atoms with Crippen molar-refractivity contribution in [3.05, 3.63) is 24.4 Å². The lowest BCUT2D eigenvalue weighted by Gasteiger charge is -1.91. The third-order valence-electron chi connectivity index (χ3n) is 2.11. The Morgan fingerprint density at radius 2 is 2.40 bits per heavy atom. The van der Waals surface area contributed by atoms with Gasteiger partial charge in [-0.05, 0) is 19.0 Å². The molecule has 2 aromatic rings. The molecule has 0 saturated carbocycles. The van der Waals surface area contributed by atoms with E-state index in [2.05, 4.69) is 10.1 Å². The van der Waals surface area contributed by atoms with Crippen LogP contribution in [0.25, 0.3) is 11.5 Å². The fourth-order valence-corrected chi connectivity index (χ4v) is 1.34. The molecular formula is C10H14N4O. The Bertz CT molecular complexity index is 432. The second-order valence-corrected chi connectivity index (χ2v) is 3.39. The molecule has 0 fully saturated rings. The van der Waals surface area contributed by atoms with Crippen LogP contribution in [-0.4, -0.2) is 21.3 Å². The third kappa shape index (κ3) is 2.24. The van der Waals surface area contributed by atoms with Crippen LogP contribution in [-0.2, 0) is 13.5 Å². The van der Waals surface area contributed by atoms with Gasteiger partial charge in [-0.2, -0.15) is 5.10 Å². The zero-order valence-electron chi connectivity index (χ0n) is 8.68. The smallest absolute Gasteiger partial charge is 0.195 e. The summed E-state index contributed by atoms with van der Waals surface area (Å²) in [5.41, 5.74) is 6.22. The van der Waals surface area contributed by atoms with Crippen LogP contribution in [0.1, 0.15) is 12.3 Å². The number of hydrogen-bond acceptors (Lipinski definition) is 4. The minimum absolute atomic E-state index is 0.654. The van der Waals surface area contributed by atoms with Crippen molar-refractivity contribution in [1.29, 1.82) is 0 Å². The molecule has 0 spiro atoms. The van der Waals surface area contributed by atoms with E-state index in [1.54, 1.807) is 10.9 Å². The summed E-state index contributed by atoms with van der Waals surface area (Å²) in [7, 11) is 1.87. The van der Waals surface area contributed by atoms with Gasteiger partial charge in [0.15, 0.2) is 11.7 Å². The summed E-state index contributed by atoms with van der Waals surface area (Å²) < 4.78 is 7.28. The lowest BCUT2D eigenvalue weighted by Crippen LogP contribution is -2.00. The summed E-state index contributed by atoms with van der Waals surface area (Å²) in [5.74, 6) is 1.43. The van der Waals surface area contributed by atoms with Crippen molar-refractivity contribution < 1.29 is 4.42 Å². The predicted octanol–water partition coefficient (Wildman–Crippen LogP) is 0.966. The maximum absolute atomic E-state index is 5.54. The molecule has 15 heavy (non-hydrogen) atoms. The highest BCUT2D eigenvalue weighted by Crippen LogP contribution is 2.18. The monoisotopic (exact) mass is 206 g/mol. The van der Waals surface area contributed by atoms with Crippen LogP contribution >= 0.6 is 0 Å². The summed E-state index contributed by atoms with van der Waals surface area (Å²) in [6.45, 7) is 0.654. The molecule has 0 aliphatic carbocycles. The van der Waals surface area contributed by atoms with Gasteiger partial charge in [0.1, 0.15) is 5.69 Å². The summed E-state index contributed by atoms with van der Waals surface area (Å²) in [6, 6.07) is 1.90. The van der Waals surface area contributed by atoms with Crippen LogP contribution in [0, 0.1) is 0 Å². The van der Waals surface area contributed by atoms with Gasteiger partial charge in [0.05, 0.1) is 6.20 Å². The van der Waals surface area contributed by atoms with Crippen molar-refractivity contribution >= 4 is 0 Å². The number of oxazole rings is 1. The van der Waals surface area contributed by atoms with Gasteiger partial charge in [0.2, 0.25) is 0 Å². The maximum atomic E-state index is 5.54. The Labute approximate surface area is 87.9 Å². The molecule has 2 aromatic heterocycles. The molecule has 0 unspecified atom stereocenters. The minimum atomic E-state index is 0.654. The molecule has 0 bridgehead atoms. The van der Waals surface area contributed by atoms with Crippen molar-refractivity contribution in [3.63, 3.8) is 0 Å². The van der Waals surface area contributed by atoms with E-state index >= 15 is 0 Å². The van der Waals surface area contributed by atoms with Crippen LogP contribution in [0.5, 0.6) is 0 Å². The fourth-order valence-electron chi connectivity index (χ4n) is 1.34. The zero-order valence-corrected chi connectivity index (χ0v) is 8.68. The number of aryl methyl sites for hydroxylation is 2. The van der Waals surface area contributed by atoms with Crippen LogP contribution in [0.2, 0.25) is 0 Å². The van der Waals surface area contributed by atoms with Gasteiger partial charge in [-0.3, -0.25) is 4.68 Å². The van der Waals surface area contributed by atoms with E-state index < -0.39 is 0 Å². The first-order valence-electron chi connectivity index (χ1n) is 4.94. The highest BCUT2D eigenvalue weighted by molar-refractivity contribution is 5.49. The molecule has 0 saturated heterocycles. The predicted molar refractivity (Wildman–Crippen MR) is 56.1 cm³/mol. The topological polar surface area (TPSA) is 69.9 Å². The van der Waals surface area contributed by atoms with Crippen molar-refractivity contribution in [2.45, 2.75) is 12.8 Å². The average molecular weight is 206 g/mol. The second-order valence-electron chi connectivity index (χ2n) is 3.39. The largest absolute Gasteiger partial charge is 0.439 e. The van der Waals surface area contributed by atoms with Gasteiger partial charge in [-0.25, -0.2) is 4.98 Å². The highest BCUT2D eigenvalue weighted by atomic mass is 16.4. The molecule has 2 heterocycles. The molecule has 0 amide bonds. The molecule has 2 rings (SSSR count). The maximum Gasteiger partial charge on any atom is 0.195 e. The Balaban J connectivity index is 2.13. The summed E-state index contributed by atoms with van der Waals surface area (Å²) >= 11 is 0. The van der Waals surface area contributed by atoms with E-state index in [4.69, 9.17) is 10.2 Å². The zero-order chi connectivity index (χ0) is 10.7. The van der Waals surface area contributed by atoms with Crippen molar-refractivity contribution in [2.75, 3.05) is 6.54 Å². The molecule has 5 heteroatoms. The van der Waals surface area contributed by atoms with Crippen molar-refractivity contribution in [3.8, 4) is 11.5 Å². The number of aromatic nitrogens is 3. The van der Waals surface area contributed by atoms with Gasteiger partial charge in [-0.1, -0.05) is 0 Å². The minimum Gasteiger partial charge on any atom is -0.439 e. The average Bonchev–Trinajstić information content (AvgIpc) is 2.83. The molecule has 80 valence electrons. The van der Waals surface area contributed by atoms with E-state index in [0.717, 1.165) is 24.4 Å². The summed E-state index contributed by atoms with van der Waals surface area (Å²) in [5, 5.41) is 4.23. The van der Waals surface area contributed by atoms with Crippen molar-refractivity contribution in [2.24, 2.45) is 12.8 Å². The van der Waals surface area contributed by atoms with Gasteiger partial charge < -0.3 is 10.2 Å². The van der Waals surface area contributed by atoms with Crippen molar-refractivity contribution in [1.82, 2.24) is 14.8 Å². The number of rotatable bonds is 4. The van der Waals surface area contributed by atoms with E-state index in [0.29, 0.717) is 12.3 Å². The van der Waals surface area contributed by atoms with Crippen LogP contribution in [0.3, 0.4) is 0 Å². The molecule has 0 aliphatic heterocycles. The molecule has 5 nitrogen and oxygen atoms in total. The van der Waals surface area contributed by atoms with Gasteiger partial charge >= 0.3 is 0 Å². The molecular weight excluding hydrogens is 192 g/mol. The highest BCUT2D eigenvalue weighted by Gasteiger charge is 2.07. The normalized spacial score (nSPS) is 10.8. The molecule has 0 radical (unpaired) electrons. The first-order chi connectivity index (χ1) is 7.29. The molecule has 0 aromatic carbocycles. The van der Waals surface area contributed by atoms with E-state index in [1.165, 1.54) is 0 Å². The summed E-state index contributed by atoms with van der Waals surface area (Å²) in [4.78, 5) is 4.17. The first kappa shape index (κ1) is 9.92. The fraction of sp³-hybridized carbons (Fsp3) is 0.400. The quantitative estimate of drug-likeness (QED) is 0.809. The Kier molecular flexibility index (Phi) is 2.82. The summed E-state index contributed by atoms with van der Waals surface area (Å²) in [6.07, 6.45) is 5.25. The Morgan fingerprint density at radius 1 is 1.53 bits per heavy atom. The molecule has 2 N–H and O–H groups in total. The third-order valence-corrected chi connectivity index (χ3v) is 2.11. The van der Waals surface area contributed by atoms with Crippen LogP contribution in [0.4, 0.5) is 0 Å². The van der Waals surface area contributed by atoms with Crippen LogP contribution in [0.15, 0.2) is 22.9 Å². The van der Waals surface area contributed by atoms with E-state index in [9.17, 15) is 0 Å². The number of hydrogen-bond donors (Lipinski definition) is 1. The number of nitrogens with zero attached hydrogens (tertiary/aromatic N) is 3. The van der Waals surface area contributed by atoms with Crippen LogP contribution < -0.4 is 5.73 Å². The first-order valence-corrected chi connectivity index (χ1v) is 4.94. The van der Waals surface area contributed by atoms with Gasteiger partial charge in [0, 0.05) is 19.7 Å². The van der Waals surface area contributed by atoms with Gasteiger partial charge in [0.25, 0.3) is 0 Å². The van der Waals surface area contributed by atoms with E-state index in [1.807, 2.05) is 19.3 Å². The standard InChI is InChI=1S/C10H14N4O/c1-14-6-4-8(13-14)9-7-12-10(15-9)3-2-5-11/h4,6-7H,2-3,5,11H2,1H3. The van der Waals surface area contributed by atoms with Gasteiger partial charge in [-0.15, -0.1) is 0 Å². The number of nitrogens with two attached hydrogens (primary N) is 1. The second kappa shape index (κ2) is 4.27. The Morgan fingerprint density at radius 3 is 3.07 bits per heavy atom. The molecule has 0 atom stereocenters.